The number of hydrogen-bond acceptors (Lipinski definition) is 4. The summed E-state index contributed by atoms with van der Waals surface area (Å²) in [7, 11) is 0. The van der Waals surface area contributed by atoms with Crippen LogP contribution in [0.4, 0.5) is 13.2 Å². The minimum absolute atomic E-state index is 0.00543. The fraction of sp³-hybridized carbons (Fsp3) is 0.750. The summed E-state index contributed by atoms with van der Waals surface area (Å²) in [5.41, 5.74) is -1.37. The summed E-state index contributed by atoms with van der Waals surface area (Å²) < 4.78 is 46.5. The zero-order valence-corrected chi connectivity index (χ0v) is 19.5. The highest BCUT2D eigenvalue weighted by molar-refractivity contribution is 5.79. The largest absolute Gasteiger partial charge is 0.416 e. The van der Waals surface area contributed by atoms with Crippen molar-refractivity contribution in [1.82, 2.24) is 14.8 Å². The van der Waals surface area contributed by atoms with Crippen LogP contribution < -0.4 is 10.9 Å². The average molecular weight is 470 g/mol. The van der Waals surface area contributed by atoms with Crippen LogP contribution in [-0.4, -0.2) is 47.2 Å². The third kappa shape index (κ3) is 5.14. The third-order valence-corrected chi connectivity index (χ3v) is 7.68. The molecule has 9 heteroatoms. The molecule has 184 valence electrons. The summed E-state index contributed by atoms with van der Waals surface area (Å²) in [6, 6.07) is 2.26. The number of halogens is 3. The number of nitrogens with zero attached hydrogens (tertiary/aromatic N) is 2. The summed E-state index contributed by atoms with van der Waals surface area (Å²) >= 11 is 0. The van der Waals surface area contributed by atoms with E-state index in [9.17, 15) is 22.8 Å². The van der Waals surface area contributed by atoms with Crippen LogP contribution in [0.2, 0.25) is 0 Å². The van der Waals surface area contributed by atoms with Crippen LogP contribution in [-0.2, 0) is 28.8 Å². The Morgan fingerprint density at radius 2 is 1.97 bits per heavy atom. The number of amides is 1. The first kappa shape index (κ1) is 24.3. The molecule has 6 nitrogen and oxygen atoms in total. The molecular formula is C24H34F3N3O3. The van der Waals surface area contributed by atoms with Crippen LogP contribution in [0.25, 0.3) is 0 Å². The fourth-order valence-corrected chi connectivity index (χ4v) is 5.78. The smallest absolute Gasteiger partial charge is 0.381 e. The first-order chi connectivity index (χ1) is 15.5. The number of carbonyl (C=O) groups is 1. The minimum Gasteiger partial charge on any atom is -0.381 e. The lowest BCUT2D eigenvalue weighted by atomic mass is 9.85. The molecule has 1 saturated heterocycles. The molecule has 4 rings (SSSR count). The molecule has 1 aliphatic carbocycles. The first-order valence-electron chi connectivity index (χ1n) is 12.0. The van der Waals surface area contributed by atoms with Crippen molar-refractivity contribution >= 4 is 5.91 Å². The molecule has 2 aliphatic heterocycles. The van der Waals surface area contributed by atoms with Gasteiger partial charge in [-0.25, -0.2) is 0 Å². The Morgan fingerprint density at radius 3 is 2.64 bits per heavy atom. The van der Waals surface area contributed by atoms with Crippen LogP contribution in [0.3, 0.4) is 0 Å². The molecule has 1 amide bonds. The number of pyridine rings is 1. The van der Waals surface area contributed by atoms with E-state index in [1.54, 1.807) is 4.90 Å². The summed E-state index contributed by atoms with van der Waals surface area (Å²) in [6.07, 6.45) is -1.98. The quantitative estimate of drug-likeness (QED) is 0.735. The number of nitrogens with one attached hydrogen (secondary N) is 1. The van der Waals surface area contributed by atoms with E-state index >= 15 is 0 Å². The second kappa shape index (κ2) is 9.41. The molecule has 0 spiro atoms. The van der Waals surface area contributed by atoms with Crippen molar-refractivity contribution in [3.05, 3.63) is 33.7 Å². The van der Waals surface area contributed by atoms with E-state index in [2.05, 4.69) is 26.1 Å². The molecule has 1 saturated carbocycles. The SMILES string of the molecule is CC(C)C1CC(NC2CCOC[C@@H]2C)CC1C(=O)N1CCn2c(cc(C(F)(F)F)cc2=O)C1. The molecule has 1 N–H and O–H groups in total. The van der Waals surface area contributed by atoms with Gasteiger partial charge in [0.25, 0.3) is 5.56 Å². The second-order valence-corrected chi connectivity index (χ2v) is 10.3. The van der Waals surface area contributed by atoms with Crippen LogP contribution >= 0.6 is 0 Å². The van der Waals surface area contributed by atoms with Crippen LogP contribution in [0.5, 0.6) is 0 Å². The zero-order chi connectivity index (χ0) is 23.9. The van der Waals surface area contributed by atoms with Crippen molar-refractivity contribution in [1.29, 1.82) is 0 Å². The first-order valence-corrected chi connectivity index (χ1v) is 12.0. The van der Waals surface area contributed by atoms with E-state index in [1.165, 1.54) is 4.57 Å². The summed E-state index contributed by atoms with van der Waals surface area (Å²) in [5.74, 6) is 0.798. The average Bonchev–Trinajstić information content (AvgIpc) is 3.18. The van der Waals surface area contributed by atoms with Gasteiger partial charge in [0.1, 0.15) is 0 Å². The molecule has 1 aromatic heterocycles. The van der Waals surface area contributed by atoms with Gasteiger partial charge in [-0.2, -0.15) is 13.2 Å². The molecule has 1 aromatic rings. The van der Waals surface area contributed by atoms with E-state index in [4.69, 9.17) is 4.74 Å². The van der Waals surface area contributed by atoms with Crippen molar-refractivity contribution in [2.75, 3.05) is 19.8 Å². The molecule has 2 fully saturated rings. The normalized spacial score (nSPS) is 30.5. The number of fused-ring (bicyclic) bond motifs is 1. The van der Waals surface area contributed by atoms with E-state index in [0.29, 0.717) is 30.5 Å². The predicted octanol–water partition coefficient (Wildman–Crippen LogP) is 3.27. The lowest BCUT2D eigenvalue weighted by Crippen LogP contribution is -2.46. The highest BCUT2D eigenvalue weighted by atomic mass is 19.4. The maximum atomic E-state index is 13.6. The van der Waals surface area contributed by atoms with E-state index in [-0.39, 0.29) is 42.6 Å². The minimum atomic E-state index is -4.59. The van der Waals surface area contributed by atoms with Gasteiger partial charge in [-0.05, 0) is 43.1 Å². The molecule has 0 radical (unpaired) electrons. The summed E-state index contributed by atoms with van der Waals surface area (Å²) in [6.45, 7) is 8.52. The predicted molar refractivity (Wildman–Crippen MR) is 117 cm³/mol. The van der Waals surface area contributed by atoms with Crippen molar-refractivity contribution in [2.24, 2.45) is 23.7 Å². The number of carbonyl (C=O) groups excluding carboxylic acids is 1. The van der Waals surface area contributed by atoms with Gasteiger partial charge in [0.05, 0.1) is 18.7 Å². The lowest BCUT2D eigenvalue weighted by molar-refractivity contribution is -0.139. The van der Waals surface area contributed by atoms with Gasteiger partial charge in [-0.3, -0.25) is 9.59 Å². The van der Waals surface area contributed by atoms with E-state index in [1.807, 2.05) is 0 Å². The molecule has 3 heterocycles. The topological polar surface area (TPSA) is 63.6 Å². The van der Waals surface area contributed by atoms with Crippen molar-refractivity contribution < 1.29 is 22.7 Å². The number of alkyl halides is 3. The second-order valence-electron chi connectivity index (χ2n) is 10.3. The monoisotopic (exact) mass is 469 g/mol. The van der Waals surface area contributed by atoms with Crippen molar-refractivity contribution in [2.45, 2.75) is 71.4 Å². The van der Waals surface area contributed by atoms with Gasteiger partial charge in [0.2, 0.25) is 5.91 Å². The molecule has 4 unspecified atom stereocenters. The lowest BCUT2D eigenvalue weighted by Gasteiger charge is -2.34. The highest BCUT2D eigenvalue weighted by Gasteiger charge is 2.43. The number of ether oxygens (including phenoxy) is 1. The Kier molecular flexibility index (Phi) is 6.92. The van der Waals surface area contributed by atoms with Crippen molar-refractivity contribution in [3.8, 4) is 0 Å². The van der Waals surface area contributed by atoms with Gasteiger partial charge in [-0.1, -0.05) is 20.8 Å². The van der Waals surface area contributed by atoms with Gasteiger partial charge >= 0.3 is 6.18 Å². The van der Waals surface area contributed by atoms with Crippen molar-refractivity contribution in [3.63, 3.8) is 0 Å². The van der Waals surface area contributed by atoms with E-state index < -0.39 is 17.3 Å². The maximum Gasteiger partial charge on any atom is 0.416 e. The van der Waals surface area contributed by atoms with Gasteiger partial charge in [0, 0.05) is 49.5 Å². The van der Waals surface area contributed by atoms with Gasteiger partial charge in [-0.15, -0.1) is 0 Å². The molecule has 0 bridgehead atoms. The Bertz CT molecular complexity index is 930. The molecule has 0 aromatic carbocycles. The fourth-order valence-electron chi connectivity index (χ4n) is 5.78. The Hall–Kier alpha value is -1.87. The summed E-state index contributed by atoms with van der Waals surface area (Å²) in [4.78, 5) is 27.4. The van der Waals surface area contributed by atoms with Crippen LogP contribution in [0.1, 0.15) is 51.3 Å². The molecular weight excluding hydrogens is 435 g/mol. The number of rotatable bonds is 4. The molecule has 33 heavy (non-hydrogen) atoms. The third-order valence-electron chi connectivity index (χ3n) is 7.68. The van der Waals surface area contributed by atoms with Crippen LogP contribution in [0.15, 0.2) is 16.9 Å². The molecule has 3 aliphatic rings. The summed E-state index contributed by atoms with van der Waals surface area (Å²) in [5, 5.41) is 3.77. The van der Waals surface area contributed by atoms with Crippen LogP contribution in [0, 0.1) is 23.7 Å². The van der Waals surface area contributed by atoms with Gasteiger partial charge in [0.15, 0.2) is 0 Å². The standard InChI is InChI=1S/C24H34F3N3O3/c1-14(2)19-10-17(28-21-4-7-33-13-15(21)3)11-20(19)23(32)29-5-6-30-18(12-29)8-16(9-22(30)31)24(25,26)27/h8-9,14-15,17,19-21,28H,4-7,10-13H2,1-3H3/t15-,17?,19?,20?,21?/m0/s1. The molecule has 5 atom stereocenters. The highest BCUT2D eigenvalue weighted by Crippen LogP contribution is 2.39. The van der Waals surface area contributed by atoms with E-state index in [0.717, 1.165) is 38.5 Å². The Morgan fingerprint density at radius 1 is 1.21 bits per heavy atom. The maximum absolute atomic E-state index is 13.6. The number of hydrogen-bond donors (Lipinski definition) is 1. The Balaban J connectivity index is 1.49. The van der Waals surface area contributed by atoms with Gasteiger partial charge < -0.3 is 19.5 Å². The zero-order valence-electron chi connectivity index (χ0n) is 19.5. The Labute approximate surface area is 192 Å². The number of aromatic nitrogens is 1.